The van der Waals surface area contributed by atoms with Crippen LogP contribution in [0.1, 0.15) is 30.9 Å². The minimum atomic E-state index is -3.97. The van der Waals surface area contributed by atoms with Gasteiger partial charge in [0.15, 0.2) is 0 Å². The Bertz CT molecular complexity index is 1350. The SMILES string of the molecule is CCCCNC(=O)[C@H](Cc1ccccc1)N(Cc1ccccc1F)C(=O)CN(c1ccc(F)cc1)S(C)(=O)=O. The zero-order chi connectivity index (χ0) is 28.4. The average Bonchev–Trinajstić information content (AvgIpc) is 2.91. The standard InChI is InChI=1S/C29H33F2N3O4S/c1-3-4-18-32-29(36)27(19-22-10-6-5-7-11-22)33(20-23-12-8-9-13-26(23)31)28(35)21-34(39(2,37)38)25-16-14-24(30)15-17-25/h5-17,27H,3-4,18-21H2,1-2H3,(H,32,36)/t27-/m0/s1. The van der Waals surface area contributed by atoms with Crippen LogP contribution in [0.2, 0.25) is 0 Å². The molecule has 0 heterocycles. The Kier molecular flexibility index (Phi) is 10.6. The van der Waals surface area contributed by atoms with Gasteiger partial charge in [-0.2, -0.15) is 0 Å². The highest BCUT2D eigenvalue weighted by molar-refractivity contribution is 7.92. The number of carbonyl (C=O) groups excluding carboxylic acids is 2. The summed E-state index contributed by atoms with van der Waals surface area (Å²) in [7, 11) is -3.97. The summed E-state index contributed by atoms with van der Waals surface area (Å²) >= 11 is 0. The van der Waals surface area contributed by atoms with Crippen molar-refractivity contribution in [1.82, 2.24) is 10.2 Å². The number of halogens is 2. The van der Waals surface area contributed by atoms with E-state index in [1.54, 1.807) is 6.07 Å². The Hall–Kier alpha value is -3.79. The molecule has 3 aromatic rings. The lowest BCUT2D eigenvalue weighted by Crippen LogP contribution is -2.53. The Morgan fingerprint density at radius 3 is 2.18 bits per heavy atom. The number of benzene rings is 3. The van der Waals surface area contributed by atoms with Gasteiger partial charge in [-0.1, -0.05) is 61.9 Å². The number of amides is 2. The number of rotatable bonds is 13. The molecule has 0 unspecified atom stereocenters. The van der Waals surface area contributed by atoms with Gasteiger partial charge in [-0.05, 0) is 42.3 Å². The predicted molar refractivity (Wildman–Crippen MR) is 147 cm³/mol. The summed E-state index contributed by atoms with van der Waals surface area (Å²) in [5.41, 5.74) is 1.04. The van der Waals surface area contributed by atoms with Crippen molar-refractivity contribution in [2.45, 2.75) is 38.8 Å². The van der Waals surface area contributed by atoms with E-state index in [0.717, 1.165) is 41.1 Å². The zero-order valence-electron chi connectivity index (χ0n) is 22.0. The normalized spacial score (nSPS) is 12.0. The molecule has 1 atom stereocenters. The van der Waals surface area contributed by atoms with Crippen LogP contribution in [0.15, 0.2) is 78.9 Å². The van der Waals surface area contributed by atoms with Crippen molar-refractivity contribution in [3.05, 3.63) is 102 Å². The predicted octanol–water partition coefficient (Wildman–Crippen LogP) is 4.29. The number of unbranched alkanes of at least 4 members (excludes halogenated alkanes) is 1. The lowest BCUT2D eigenvalue weighted by molar-refractivity contribution is -0.140. The number of nitrogens with one attached hydrogen (secondary N) is 1. The maximum absolute atomic E-state index is 14.7. The van der Waals surface area contributed by atoms with Crippen molar-refractivity contribution in [2.24, 2.45) is 0 Å². The lowest BCUT2D eigenvalue weighted by Gasteiger charge is -2.33. The fourth-order valence-corrected chi connectivity index (χ4v) is 4.94. The minimum Gasteiger partial charge on any atom is -0.354 e. The molecule has 0 saturated carbocycles. The zero-order valence-corrected chi connectivity index (χ0v) is 22.8. The van der Waals surface area contributed by atoms with Gasteiger partial charge in [0.25, 0.3) is 0 Å². The minimum absolute atomic E-state index is 0.0881. The number of sulfonamides is 1. The Morgan fingerprint density at radius 2 is 1.56 bits per heavy atom. The summed E-state index contributed by atoms with van der Waals surface area (Å²) < 4.78 is 54.5. The number of anilines is 1. The van der Waals surface area contributed by atoms with Crippen molar-refractivity contribution >= 4 is 27.5 Å². The second-order valence-corrected chi connectivity index (χ2v) is 11.1. The van der Waals surface area contributed by atoms with Gasteiger partial charge in [-0.3, -0.25) is 13.9 Å². The number of carbonyl (C=O) groups is 2. The maximum atomic E-state index is 14.7. The van der Waals surface area contributed by atoms with Gasteiger partial charge >= 0.3 is 0 Å². The summed E-state index contributed by atoms with van der Waals surface area (Å²) in [5.74, 6) is -2.26. The highest BCUT2D eigenvalue weighted by atomic mass is 32.2. The molecule has 1 N–H and O–H groups in total. The second kappa shape index (κ2) is 13.8. The van der Waals surface area contributed by atoms with Crippen molar-refractivity contribution in [3.63, 3.8) is 0 Å². The third-order valence-corrected chi connectivity index (χ3v) is 7.33. The van der Waals surface area contributed by atoms with Crippen molar-refractivity contribution in [3.8, 4) is 0 Å². The average molecular weight is 558 g/mol. The van der Waals surface area contributed by atoms with Crippen LogP contribution in [-0.4, -0.2) is 50.5 Å². The first-order chi connectivity index (χ1) is 18.6. The number of hydrogen-bond donors (Lipinski definition) is 1. The fourth-order valence-electron chi connectivity index (χ4n) is 4.09. The van der Waals surface area contributed by atoms with Gasteiger partial charge in [-0.15, -0.1) is 0 Å². The van der Waals surface area contributed by atoms with Crippen LogP contribution in [0.5, 0.6) is 0 Å². The van der Waals surface area contributed by atoms with Crippen molar-refractivity contribution in [2.75, 3.05) is 23.7 Å². The Morgan fingerprint density at radius 1 is 0.923 bits per heavy atom. The number of nitrogens with zero attached hydrogens (tertiary/aromatic N) is 2. The largest absolute Gasteiger partial charge is 0.354 e. The molecule has 0 fully saturated rings. The van der Waals surface area contributed by atoms with E-state index in [0.29, 0.717) is 6.54 Å². The van der Waals surface area contributed by atoms with E-state index in [-0.39, 0.29) is 24.2 Å². The summed E-state index contributed by atoms with van der Waals surface area (Å²) in [6, 6.07) is 18.6. The van der Waals surface area contributed by atoms with Crippen LogP contribution >= 0.6 is 0 Å². The van der Waals surface area contributed by atoms with Gasteiger partial charge in [-0.25, -0.2) is 17.2 Å². The molecule has 7 nitrogen and oxygen atoms in total. The highest BCUT2D eigenvalue weighted by Crippen LogP contribution is 2.21. The molecular formula is C29H33F2N3O4S. The van der Waals surface area contributed by atoms with E-state index >= 15 is 0 Å². The van der Waals surface area contributed by atoms with Crippen LogP contribution in [0.25, 0.3) is 0 Å². The molecule has 0 aliphatic heterocycles. The molecule has 3 rings (SSSR count). The van der Waals surface area contributed by atoms with E-state index in [1.807, 2.05) is 37.3 Å². The van der Waals surface area contributed by atoms with Crippen LogP contribution in [-0.2, 0) is 32.6 Å². The van der Waals surface area contributed by atoms with E-state index in [9.17, 15) is 26.8 Å². The molecule has 208 valence electrons. The molecule has 0 bridgehead atoms. The second-order valence-electron chi connectivity index (χ2n) is 9.21. The van der Waals surface area contributed by atoms with Crippen LogP contribution < -0.4 is 9.62 Å². The van der Waals surface area contributed by atoms with Gasteiger partial charge in [0.1, 0.15) is 24.2 Å². The van der Waals surface area contributed by atoms with E-state index in [1.165, 1.54) is 35.2 Å². The van der Waals surface area contributed by atoms with Crippen LogP contribution in [0, 0.1) is 11.6 Å². The molecule has 2 amide bonds. The van der Waals surface area contributed by atoms with Crippen LogP contribution in [0.4, 0.5) is 14.5 Å². The summed E-state index contributed by atoms with van der Waals surface area (Å²) in [5, 5.41) is 2.86. The molecule has 10 heteroatoms. The Balaban J connectivity index is 2.03. The van der Waals surface area contributed by atoms with E-state index in [4.69, 9.17) is 0 Å². The molecule has 39 heavy (non-hydrogen) atoms. The van der Waals surface area contributed by atoms with Gasteiger partial charge in [0, 0.05) is 25.1 Å². The van der Waals surface area contributed by atoms with Crippen molar-refractivity contribution < 1.29 is 26.8 Å². The van der Waals surface area contributed by atoms with Crippen molar-refractivity contribution in [1.29, 1.82) is 0 Å². The van der Waals surface area contributed by atoms with Gasteiger partial charge in [0.2, 0.25) is 21.8 Å². The third kappa shape index (κ3) is 8.61. The third-order valence-electron chi connectivity index (χ3n) is 6.19. The summed E-state index contributed by atoms with van der Waals surface area (Å²) in [6.07, 6.45) is 2.65. The Labute approximate surface area is 228 Å². The summed E-state index contributed by atoms with van der Waals surface area (Å²) in [4.78, 5) is 28.5. The molecule has 0 aliphatic rings. The monoisotopic (exact) mass is 557 g/mol. The molecule has 0 saturated heterocycles. The highest BCUT2D eigenvalue weighted by Gasteiger charge is 2.33. The molecule has 0 spiro atoms. The lowest BCUT2D eigenvalue weighted by atomic mass is 10.0. The van der Waals surface area contributed by atoms with E-state index < -0.39 is 46.1 Å². The van der Waals surface area contributed by atoms with E-state index in [2.05, 4.69) is 5.32 Å². The molecule has 3 aromatic carbocycles. The smallest absolute Gasteiger partial charge is 0.244 e. The summed E-state index contributed by atoms with van der Waals surface area (Å²) in [6.45, 7) is 1.46. The first-order valence-corrected chi connectivity index (χ1v) is 14.5. The molecular weight excluding hydrogens is 524 g/mol. The molecule has 0 radical (unpaired) electrons. The van der Waals surface area contributed by atoms with Crippen LogP contribution in [0.3, 0.4) is 0 Å². The van der Waals surface area contributed by atoms with Gasteiger partial charge in [0.05, 0.1) is 11.9 Å². The fraction of sp³-hybridized carbons (Fsp3) is 0.310. The topological polar surface area (TPSA) is 86.8 Å². The quantitative estimate of drug-likeness (QED) is 0.318. The maximum Gasteiger partial charge on any atom is 0.244 e. The molecule has 0 aromatic heterocycles. The number of hydrogen-bond acceptors (Lipinski definition) is 4. The molecule has 0 aliphatic carbocycles. The van der Waals surface area contributed by atoms with Gasteiger partial charge < -0.3 is 10.2 Å². The first kappa shape index (κ1) is 29.8. The first-order valence-electron chi connectivity index (χ1n) is 12.7.